The molecule has 0 saturated carbocycles. The van der Waals surface area contributed by atoms with Crippen molar-refractivity contribution in [2.75, 3.05) is 5.32 Å². The number of hydrogen-bond donors (Lipinski definition) is 1. The van der Waals surface area contributed by atoms with E-state index >= 15 is 0 Å². The number of aromatic nitrogens is 2. The number of hydrogen-bond acceptors (Lipinski definition) is 3. The van der Waals surface area contributed by atoms with Gasteiger partial charge in [0.25, 0.3) is 5.56 Å². The van der Waals surface area contributed by atoms with Gasteiger partial charge < -0.3 is 5.32 Å². The Balaban J connectivity index is 1.79. The van der Waals surface area contributed by atoms with Crippen molar-refractivity contribution < 1.29 is 22.4 Å². The first-order valence-corrected chi connectivity index (χ1v) is 9.94. The van der Waals surface area contributed by atoms with Gasteiger partial charge in [-0.3, -0.25) is 14.2 Å². The van der Waals surface area contributed by atoms with Gasteiger partial charge in [0.2, 0.25) is 5.91 Å². The maximum atomic E-state index is 13.4. The lowest BCUT2D eigenvalue weighted by Gasteiger charge is -2.16. The molecule has 0 aliphatic heterocycles. The minimum atomic E-state index is -4.89. The lowest BCUT2D eigenvalue weighted by Crippen LogP contribution is -2.30. The van der Waals surface area contributed by atoms with Crippen LogP contribution in [0.25, 0.3) is 22.3 Å². The number of halogens is 5. The molecule has 1 amide bonds. The van der Waals surface area contributed by atoms with Crippen LogP contribution in [-0.4, -0.2) is 15.5 Å². The number of alkyl halides is 3. The number of rotatable bonds is 4. The number of carbonyl (C=O) groups is 1. The van der Waals surface area contributed by atoms with Crippen molar-refractivity contribution in [3.63, 3.8) is 0 Å². The van der Waals surface area contributed by atoms with E-state index in [1.807, 2.05) is 0 Å². The van der Waals surface area contributed by atoms with Crippen LogP contribution in [0.1, 0.15) is 5.56 Å². The zero-order valence-corrected chi connectivity index (χ0v) is 17.4. The molecule has 1 heterocycles. The number of para-hydroxylation sites is 1. The summed E-state index contributed by atoms with van der Waals surface area (Å²) in [6.45, 7) is -0.647. The highest BCUT2D eigenvalue weighted by molar-refractivity contribution is 6.33. The molecule has 0 bridgehead atoms. The van der Waals surface area contributed by atoms with Gasteiger partial charge in [-0.15, -0.1) is 0 Å². The van der Waals surface area contributed by atoms with Gasteiger partial charge in [0.1, 0.15) is 18.2 Å². The largest absolute Gasteiger partial charge is 0.418 e. The van der Waals surface area contributed by atoms with E-state index in [1.54, 1.807) is 42.5 Å². The summed E-state index contributed by atoms with van der Waals surface area (Å²) in [6.07, 6.45) is -4.89. The number of carbonyl (C=O) groups excluding carboxylic acids is 1. The summed E-state index contributed by atoms with van der Waals surface area (Å²) in [5, 5.41) is 2.61. The van der Waals surface area contributed by atoms with E-state index in [1.165, 1.54) is 6.07 Å². The van der Waals surface area contributed by atoms with Crippen molar-refractivity contribution >= 4 is 34.1 Å². The molecule has 3 aromatic carbocycles. The summed E-state index contributed by atoms with van der Waals surface area (Å²) in [4.78, 5) is 30.3. The number of nitrogens with one attached hydrogen (secondary N) is 1. The van der Waals surface area contributed by atoms with E-state index < -0.39 is 41.3 Å². The Morgan fingerprint density at radius 1 is 1.03 bits per heavy atom. The fourth-order valence-electron chi connectivity index (χ4n) is 3.36. The van der Waals surface area contributed by atoms with Crippen molar-refractivity contribution in [2.45, 2.75) is 12.7 Å². The fraction of sp³-hybridized carbons (Fsp3) is 0.0870. The van der Waals surface area contributed by atoms with Crippen molar-refractivity contribution in [1.82, 2.24) is 9.55 Å². The Morgan fingerprint density at radius 2 is 1.73 bits per heavy atom. The van der Waals surface area contributed by atoms with Crippen LogP contribution in [0, 0.1) is 5.82 Å². The summed E-state index contributed by atoms with van der Waals surface area (Å²) < 4.78 is 54.2. The van der Waals surface area contributed by atoms with E-state index in [4.69, 9.17) is 11.6 Å². The molecule has 10 heteroatoms. The maximum Gasteiger partial charge on any atom is 0.418 e. The Bertz CT molecular complexity index is 1430. The average Bonchev–Trinajstić information content (AvgIpc) is 2.76. The van der Waals surface area contributed by atoms with Crippen LogP contribution in [0.15, 0.2) is 71.5 Å². The fourth-order valence-corrected chi connectivity index (χ4v) is 3.58. The summed E-state index contributed by atoms with van der Waals surface area (Å²) >= 11 is 6.27. The Labute approximate surface area is 189 Å². The van der Waals surface area contributed by atoms with Crippen LogP contribution >= 0.6 is 11.6 Å². The van der Waals surface area contributed by atoms with E-state index in [-0.39, 0.29) is 22.3 Å². The second-order valence-corrected chi connectivity index (χ2v) is 7.47. The predicted octanol–water partition coefficient (Wildman–Crippen LogP) is 5.51. The number of fused-ring (bicyclic) bond motifs is 1. The van der Waals surface area contributed by atoms with E-state index in [2.05, 4.69) is 10.3 Å². The molecule has 168 valence electrons. The highest BCUT2D eigenvalue weighted by Gasteiger charge is 2.34. The summed E-state index contributed by atoms with van der Waals surface area (Å²) in [5.74, 6) is -1.95. The maximum absolute atomic E-state index is 13.4. The predicted molar refractivity (Wildman–Crippen MR) is 116 cm³/mol. The van der Waals surface area contributed by atoms with Crippen LogP contribution in [-0.2, 0) is 17.5 Å². The van der Waals surface area contributed by atoms with Crippen molar-refractivity contribution in [3.8, 4) is 11.4 Å². The molecular formula is C23H14ClF4N3O2. The molecule has 0 fully saturated rings. The molecular weight excluding hydrogens is 462 g/mol. The van der Waals surface area contributed by atoms with Gasteiger partial charge in [0.15, 0.2) is 0 Å². The second-order valence-electron chi connectivity index (χ2n) is 7.06. The monoisotopic (exact) mass is 475 g/mol. The van der Waals surface area contributed by atoms with Crippen molar-refractivity contribution in [2.24, 2.45) is 0 Å². The van der Waals surface area contributed by atoms with Crippen molar-refractivity contribution in [3.05, 3.63) is 93.5 Å². The molecule has 0 radical (unpaired) electrons. The topological polar surface area (TPSA) is 64.0 Å². The molecule has 4 rings (SSSR count). The highest BCUT2D eigenvalue weighted by Crippen LogP contribution is 2.35. The molecule has 33 heavy (non-hydrogen) atoms. The Morgan fingerprint density at radius 3 is 2.45 bits per heavy atom. The van der Waals surface area contributed by atoms with Gasteiger partial charge in [-0.2, -0.15) is 13.2 Å². The van der Waals surface area contributed by atoms with Crippen LogP contribution in [0.2, 0.25) is 5.02 Å². The highest BCUT2D eigenvalue weighted by atomic mass is 35.5. The zero-order chi connectivity index (χ0) is 23.8. The van der Waals surface area contributed by atoms with Crippen LogP contribution in [0.4, 0.5) is 23.2 Å². The molecule has 0 spiro atoms. The molecule has 5 nitrogen and oxygen atoms in total. The normalized spacial score (nSPS) is 11.5. The van der Waals surface area contributed by atoms with E-state index in [0.717, 1.165) is 16.7 Å². The first-order valence-electron chi connectivity index (χ1n) is 9.56. The summed E-state index contributed by atoms with van der Waals surface area (Å²) in [7, 11) is 0. The molecule has 0 unspecified atom stereocenters. The van der Waals surface area contributed by atoms with Gasteiger partial charge in [0.05, 0.1) is 27.2 Å². The van der Waals surface area contributed by atoms with Gasteiger partial charge >= 0.3 is 6.18 Å². The number of nitrogens with zero attached hydrogens (tertiary/aromatic N) is 2. The molecule has 0 aliphatic rings. The molecule has 0 saturated heterocycles. The molecule has 1 N–H and O–H groups in total. The number of anilines is 1. The standard InChI is InChI=1S/C23H14ClF4N3O2/c24-17-7-3-1-5-14(17)21-30-18-8-4-2-6-15(18)22(33)31(21)12-20(32)29-19-10-9-13(25)11-16(19)23(26,27)28/h1-11H,12H2,(H,29,32). The van der Waals surface area contributed by atoms with E-state index in [0.29, 0.717) is 11.1 Å². The quantitative estimate of drug-likeness (QED) is 0.396. The first kappa shape index (κ1) is 22.5. The lowest BCUT2D eigenvalue weighted by molar-refractivity contribution is -0.137. The summed E-state index contributed by atoms with van der Waals surface area (Å²) in [6, 6.07) is 14.9. The molecule has 0 aliphatic carbocycles. The van der Waals surface area contributed by atoms with Crippen molar-refractivity contribution in [1.29, 1.82) is 0 Å². The van der Waals surface area contributed by atoms with Crippen LogP contribution in [0.5, 0.6) is 0 Å². The zero-order valence-electron chi connectivity index (χ0n) is 16.7. The van der Waals surface area contributed by atoms with Crippen LogP contribution in [0.3, 0.4) is 0 Å². The number of benzene rings is 3. The third-order valence-electron chi connectivity index (χ3n) is 4.84. The van der Waals surface area contributed by atoms with Gasteiger partial charge in [-0.25, -0.2) is 9.37 Å². The van der Waals surface area contributed by atoms with Crippen LogP contribution < -0.4 is 10.9 Å². The number of amides is 1. The van der Waals surface area contributed by atoms with Gasteiger partial charge in [-0.05, 0) is 42.5 Å². The lowest BCUT2D eigenvalue weighted by atomic mass is 10.1. The second kappa shape index (κ2) is 8.67. The Hall–Kier alpha value is -3.72. The SMILES string of the molecule is O=C(Cn1c(-c2ccccc2Cl)nc2ccccc2c1=O)Nc1ccc(F)cc1C(F)(F)F. The molecule has 0 atom stereocenters. The molecule has 4 aromatic rings. The average molecular weight is 476 g/mol. The molecule has 1 aromatic heterocycles. The Kier molecular flexibility index (Phi) is 5.90. The van der Waals surface area contributed by atoms with E-state index in [9.17, 15) is 27.2 Å². The first-order chi connectivity index (χ1) is 15.6. The third-order valence-corrected chi connectivity index (χ3v) is 5.17. The minimum absolute atomic E-state index is 0.0783. The third kappa shape index (κ3) is 4.58. The smallest absolute Gasteiger partial charge is 0.324 e. The minimum Gasteiger partial charge on any atom is -0.324 e. The van der Waals surface area contributed by atoms with Gasteiger partial charge in [-0.1, -0.05) is 35.9 Å². The van der Waals surface area contributed by atoms with Gasteiger partial charge in [0, 0.05) is 5.56 Å². The summed E-state index contributed by atoms with van der Waals surface area (Å²) in [5.41, 5.74) is -1.80.